The second kappa shape index (κ2) is 7.38. The van der Waals surface area contributed by atoms with Crippen LogP contribution in [0.2, 0.25) is 0 Å². The third kappa shape index (κ3) is 3.60. The Labute approximate surface area is 147 Å². The standard InChI is InChI=1S/C17H27N3OS2/c21-17(13-3-1-4-13)16-9-14-10-19(5-2-6-20(14)18-16)15-11-22-7-8-23-12-15/h9,13,15,17,21H,1-8,10-12H2/t17-/m1/s1. The van der Waals surface area contributed by atoms with Crippen LogP contribution in [0.1, 0.15) is 43.2 Å². The largest absolute Gasteiger partial charge is 0.386 e. The topological polar surface area (TPSA) is 41.3 Å². The highest BCUT2D eigenvalue weighted by molar-refractivity contribution is 8.03. The number of hydrogen-bond donors (Lipinski definition) is 1. The molecular formula is C17H27N3OS2. The maximum Gasteiger partial charge on any atom is 0.101 e. The van der Waals surface area contributed by atoms with E-state index in [1.165, 1.54) is 48.1 Å². The van der Waals surface area contributed by atoms with Crippen LogP contribution in [0, 0.1) is 5.92 Å². The molecule has 1 atom stereocenters. The maximum atomic E-state index is 10.5. The van der Waals surface area contributed by atoms with Gasteiger partial charge in [-0.3, -0.25) is 9.58 Å². The van der Waals surface area contributed by atoms with E-state index in [2.05, 4.69) is 39.2 Å². The number of aromatic nitrogens is 2. The predicted octanol–water partition coefficient (Wildman–Crippen LogP) is 2.77. The van der Waals surface area contributed by atoms with E-state index < -0.39 is 0 Å². The Morgan fingerprint density at radius 1 is 1.13 bits per heavy atom. The van der Waals surface area contributed by atoms with Gasteiger partial charge in [-0.25, -0.2) is 0 Å². The monoisotopic (exact) mass is 353 g/mol. The van der Waals surface area contributed by atoms with Crippen molar-refractivity contribution in [2.24, 2.45) is 5.92 Å². The van der Waals surface area contributed by atoms with Crippen LogP contribution in [0.3, 0.4) is 0 Å². The Balaban J connectivity index is 1.48. The van der Waals surface area contributed by atoms with Crippen LogP contribution in [-0.4, -0.2) is 55.4 Å². The first-order chi connectivity index (χ1) is 11.3. The molecule has 128 valence electrons. The van der Waals surface area contributed by atoms with Crippen molar-refractivity contribution in [2.45, 2.75) is 50.9 Å². The first kappa shape index (κ1) is 16.3. The quantitative estimate of drug-likeness (QED) is 0.905. The van der Waals surface area contributed by atoms with Gasteiger partial charge in [0, 0.05) is 48.7 Å². The summed E-state index contributed by atoms with van der Waals surface area (Å²) in [5.74, 6) is 5.56. The van der Waals surface area contributed by atoms with E-state index in [-0.39, 0.29) is 6.10 Å². The van der Waals surface area contributed by atoms with Crippen molar-refractivity contribution in [3.63, 3.8) is 0 Å². The summed E-state index contributed by atoms with van der Waals surface area (Å²) in [6.07, 6.45) is 4.40. The van der Waals surface area contributed by atoms with Crippen molar-refractivity contribution >= 4 is 23.5 Å². The molecule has 3 heterocycles. The summed E-state index contributed by atoms with van der Waals surface area (Å²) in [5, 5.41) is 15.3. The van der Waals surface area contributed by atoms with Gasteiger partial charge in [0.1, 0.15) is 6.10 Å². The van der Waals surface area contributed by atoms with Crippen molar-refractivity contribution < 1.29 is 5.11 Å². The zero-order valence-electron chi connectivity index (χ0n) is 13.7. The van der Waals surface area contributed by atoms with E-state index in [4.69, 9.17) is 5.10 Å². The molecule has 3 aliphatic rings. The number of fused-ring (bicyclic) bond motifs is 1. The van der Waals surface area contributed by atoms with E-state index >= 15 is 0 Å². The van der Waals surface area contributed by atoms with Crippen LogP contribution in [0.4, 0.5) is 0 Å². The Morgan fingerprint density at radius 2 is 1.91 bits per heavy atom. The van der Waals surface area contributed by atoms with Gasteiger partial charge in [0.2, 0.25) is 0 Å². The molecular weight excluding hydrogens is 326 g/mol. The van der Waals surface area contributed by atoms with Crippen molar-refractivity contribution in [3.8, 4) is 0 Å². The molecule has 6 heteroatoms. The van der Waals surface area contributed by atoms with E-state index in [0.717, 1.165) is 31.6 Å². The van der Waals surface area contributed by atoms with Crippen molar-refractivity contribution in [3.05, 3.63) is 17.5 Å². The molecule has 1 N–H and O–H groups in total. The molecule has 0 radical (unpaired) electrons. The fraction of sp³-hybridized carbons (Fsp3) is 0.824. The lowest BCUT2D eigenvalue weighted by atomic mass is 9.80. The lowest BCUT2D eigenvalue weighted by Gasteiger charge is -2.29. The van der Waals surface area contributed by atoms with Gasteiger partial charge < -0.3 is 5.11 Å². The third-order valence-corrected chi connectivity index (χ3v) is 7.96. The van der Waals surface area contributed by atoms with Crippen molar-refractivity contribution in [1.29, 1.82) is 0 Å². The van der Waals surface area contributed by atoms with E-state index in [1.807, 2.05) is 0 Å². The van der Waals surface area contributed by atoms with Gasteiger partial charge in [0.05, 0.1) is 11.4 Å². The van der Waals surface area contributed by atoms with Crippen molar-refractivity contribution in [2.75, 3.05) is 29.6 Å². The minimum Gasteiger partial charge on any atom is -0.386 e. The molecule has 0 amide bonds. The van der Waals surface area contributed by atoms with E-state index in [1.54, 1.807) is 0 Å². The first-order valence-corrected chi connectivity index (χ1v) is 11.3. The van der Waals surface area contributed by atoms with Gasteiger partial charge in [0.25, 0.3) is 0 Å². The summed E-state index contributed by atoms with van der Waals surface area (Å²) in [5.41, 5.74) is 2.21. The minimum atomic E-state index is -0.347. The Bertz CT molecular complexity index is 524. The molecule has 0 bridgehead atoms. The molecule has 2 aliphatic heterocycles. The molecule has 1 aliphatic carbocycles. The molecule has 0 aromatic carbocycles. The number of aliphatic hydroxyl groups is 1. The summed E-state index contributed by atoms with van der Waals surface area (Å²) in [6.45, 7) is 3.17. The second-order valence-electron chi connectivity index (χ2n) is 7.05. The van der Waals surface area contributed by atoms with E-state index in [0.29, 0.717) is 12.0 Å². The smallest absolute Gasteiger partial charge is 0.101 e. The van der Waals surface area contributed by atoms with Gasteiger partial charge in [-0.2, -0.15) is 28.6 Å². The van der Waals surface area contributed by atoms with Gasteiger partial charge >= 0.3 is 0 Å². The average molecular weight is 354 g/mol. The van der Waals surface area contributed by atoms with Crippen LogP contribution in [0.15, 0.2) is 6.07 Å². The van der Waals surface area contributed by atoms with Crippen LogP contribution < -0.4 is 0 Å². The molecule has 23 heavy (non-hydrogen) atoms. The molecule has 4 nitrogen and oxygen atoms in total. The fourth-order valence-corrected chi connectivity index (χ4v) is 6.40. The summed E-state index contributed by atoms with van der Waals surface area (Å²) in [6, 6.07) is 2.87. The molecule has 1 aromatic rings. The second-order valence-corrected chi connectivity index (χ2v) is 9.35. The molecule has 0 spiro atoms. The normalized spacial score (nSPS) is 26.1. The summed E-state index contributed by atoms with van der Waals surface area (Å²) in [4.78, 5) is 2.66. The number of hydrogen-bond acceptors (Lipinski definition) is 5. The summed E-state index contributed by atoms with van der Waals surface area (Å²) in [7, 11) is 0. The van der Waals surface area contributed by atoms with Crippen LogP contribution in [0.5, 0.6) is 0 Å². The SMILES string of the molecule is O[C@@H](c1cc2n(n1)CCCN(C1CSCCSC1)C2)C1CCC1. The number of thioether (sulfide) groups is 2. The number of nitrogens with zero attached hydrogens (tertiary/aromatic N) is 3. The minimum absolute atomic E-state index is 0.347. The number of aliphatic hydroxyl groups excluding tert-OH is 1. The van der Waals surface area contributed by atoms with Crippen LogP contribution in [0.25, 0.3) is 0 Å². The Morgan fingerprint density at radius 3 is 2.61 bits per heavy atom. The zero-order valence-corrected chi connectivity index (χ0v) is 15.3. The highest BCUT2D eigenvalue weighted by Crippen LogP contribution is 2.37. The molecule has 1 saturated carbocycles. The maximum absolute atomic E-state index is 10.5. The van der Waals surface area contributed by atoms with Crippen molar-refractivity contribution in [1.82, 2.24) is 14.7 Å². The van der Waals surface area contributed by atoms with E-state index in [9.17, 15) is 5.11 Å². The zero-order chi connectivity index (χ0) is 15.6. The highest BCUT2D eigenvalue weighted by atomic mass is 32.2. The number of aryl methyl sites for hydroxylation is 1. The van der Waals surface area contributed by atoms with Crippen LogP contribution in [-0.2, 0) is 13.1 Å². The van der Waals surface area contributed by atoms with Gasteiger partial charge in [-0.05, 0) is 31.2 Å². The van der Waals surface area contributed by atoms with Gasteiger partial charge in [-0.1, -0.05) is 6.42 Å². The molecule has 4 rings (SSSR count). The lowest BCUT2D eigenvalue weighted by Crippen LogP contribution is -2.38. The molecule has 1 saturated heterocycles. The predicted molar refractivity (Wildman–Crippen MR) is 98.0 cm³/mol. The average Bonchev–Trinajstić information content (AvgIpc) is 2.69. The van der Waals surface area contributed by atoms with Gasteiger partial charge in [0.15, 0.2) is 0 Å². The Kier molecular flexibility index (Phi) is 5.23. The fourth-order valence-electron chi connectivity index (χ4n) is 3.78. The lowest BCUT2D eigenvalue weighted by molar-refractivity contribution is 0.0580. The highest BCUT2D eigenvalue weighted by Gasteiger charge is 2.30. The first-order valence-electron chi connectivity index (χ1n) is 8.95. The Hall–Kier alpha value is -0.170. The van der Waals surface area contributed by atoms with Crippen LogP contribution >= 0.6 is 23.5 Å². The summed E-state index contributed by atoms with van der Waals surface area (Å²) >= 11 is 4.21. The summed E-state index contributed by atoms with van der Waals surface area (Å²) < 4.78 is 2.16. The van der Waals surface area contributed by atoms with Gasteiger partial charge in [-0.15, -0.1) is 0 Å². The number of rotatable bonds is 3. The molecule has 1 aromatic heterocycles. The molecule has 0 unspecified atom stereocenters. The third-order valence-electron chi connectivity index (χ3n) is 5.47. The molecule has 2 fully saturated rings.